The second-order valence-electron chi connectivity index (χ2n) is 7.30. The van der Waals surface area contributed by atoms with Crippen molar-refractivity contribution in [2.45, 2.75) is 4.90 Å². The van der Waals surface area contributed by atoms with E-state index in [0.29, 0.717) is 27.8 Å². The topological polar surface area (TPSA) is 76.9 Å². The Balaban J connectivity index is 1.64. The molecule has 0 spiro atoms. The van der Waals surface area contributed by atoms with Gasteiger partial charge in [-0.15, -0.1) is 10.2 Å². The van der Waals surface area contributed by atoms with E-state index < -0.39 is 10.0 Å². The molecule has 0 aliphatic rings. The van der Waals surface area contributed by atoms with Crippen molar-refractivity contribution in [3.05, 3.63) is 100 Å². The average molecular weight is 540 g/mol. The van der Waals surface area contributed by atoms with Gasteiger partial charge in [-0.1, -0.05) is 70.0 Å². The van der Waals surface area contributed by atoms with E-state index in [4.69, 9.17) is 11.6 Å². The van der Waals surface area contributed by atoms with E-state index >= 15 is 0 Å². The van der Waals surface area contributed by atoms with Crippen LogP contribution < -0.4 is 4.83 Å². The summed E-state index contributed by atoms with van der Waals surface area (Å²) in [6.45, 7) is 0. The van der Waals surface area contributed by atoms with E-state index in [2.05, 4.69) is 31.0 Å². The minimum absolute atomic E-state index is 0.136. The van der Waals surface area contributed by atoms with Crippen molar-refractivity contribution in [3.8, 4) is 22.8 Å². The first-order chi connectivity index (χ1) is 15.9. The summed E-state index contributed by atoms with van der Waals surface area (Å²) in [5.74, 6) is 0.691. The molecule has 0 atom stereocenters. The molecule has 0 amide bonds. The van der Waals surface area contributed by atoms with E-state index in [9.17, 15) is 8.42 Å². The highest BCUT2D eigenvalue weighted by atomic mass is 79.9. The maximum atomic E-state index is 13.4. The molecule has 1 heterocycles. The molecular weight excluding hydrogens is 524 g/mol. The number of nitrogens with one attached hydrogen (secondary N) is 1. The van der Waals surface area contributed by atoms with Gasteiger partial charge >= 0.3 is 0 Å². The fourth-order valence-electron chi connectivity index (χ4n) is 3.48. The second-order valence-corrected chi connectivity index (χ2v) is 10.3. The Labute approximate surface area is 204 Å². The lowest BCUT2D eigenvalue weighted by atomic mass is 10.1. The molecule has 33 heavy (non-hydrogen) atoms. The third-order valence-corrected chi connectivity index (χ3v) is 7.13. The van der Waals surface area contributed by atoms with Gasteiger partial charge in [-0.05, 0) is 59.3 Å². The maximum absolute atomic E-state index is 13.4. The molecule has 1 aromatic heterocycles. The number of nitrogens with zero attached hydrogens (tertiary/aromatic N) is 3. The van der Waals surface area contributed by atoms with E-state index in [-0.39, 0.29) is 4.90 Å². The van der Waals surface area contributed by atoms with Gasteiger partial charge < -0.3 is 0 Å². The van der Waals surface area contributed by atoms with Crippen LogP contribution in [0.3, 0.4) is 0 Å². The van der Waals surface area contributed by atoms with Gasteiger partial charge in [0.2, 0.25) is 0 Å². The summed E-state index contributed by atoms with van der Waals surface area (Å²) < 4.78 is 29.0. The van der Waals surface area contributed by atoms with Crippen LogP contribution in [0.25, 0.3) is 33.5 Å². The molecule has 0 aliphatic carbocycles. The number of hydrogen-bond acceptors (Lipinski definition) is 4. The van der Waals surface area contributed by atoms with E-state index in [1.165, 1.54) is 4.68 Å². The van der Waals surface area contributed by atoms with Crippen LogP contribution in [0.15, 0.2) is 100 Å². The maximum Gasteiger partial charge on any atom is 0.275 e. The van der Waals surface area contributed by atoms with E-state index in [0.717, 1.165) is 15.2 Å². The fourth-order valence-corrected chi connectivity index (χ4v) is 5.05. The molecule has 0 aliphatic heterocycles. The van der Waals surface area contributed by atoms with Crippen LogP contribution >= 0.6 is 27.5 Å². The van der Waals surface area contributed by atoms with Crippen molar-refractivity contribution in [2.75, 3.05) is 4.83 Å². The van der Waals surface area contributed by atoms with Crippen molar-refractivity contribution >= 4 is 48.3 Å². The van der Waals surface area contributed by atoms with Crippen LogP contribution in [0, 0.1) is 0 Å². The Morgan fingerprint density at radius 2 is 1.45 bits per heavy atom. The Bertz CT molecular complexity index is 1580. The van der Waals surface area contributed by atoms with Crippen molar-refractivity contribution in [2.24, 2.45) is 0 Å². The summed E-state index contributed by atoms with van der Waals surface area (Å²) in [6.07, 6.45) is 0. The number of hydrogen-bond donors (Lipinski definition) is 1. The van der Waals surface area contributed by atoms with Crippen LogP contribution in [-0.4, -0.2) is 23.3 Å². The SMILES string of the molecule is O=S(=O)(Nn1c(-c2ccc(Cl)cc2)nnc1-c1cccc(Br)c1)c1ccc2ccccc2c1. The highest BCUT2D eigenvalue weighted by molar-refractivity contribution is 9.10. The van der Waals surface area contributed by atoms with Crippen LogP contribution in [0.5, 0.6) is 0 Å². The van der Waals surface area contributed by atoms with Crippen LogP contribution in [-0.2, 0) is 10.0 Å². The molecule has 0 saturated carbocycles. The first-order valence-corrected chi connectivity index (χ1v) is 12.5. The first kappa shape index (κ1) is 21.6. The van der Waals surface area contributed by atoms with Gasteiger partial charge in [0.05, 0.1) is 4.90 Å². The van der Waals surface area contributed by atoms with Crippen LogP contribution in [0.1, 0.15) is 0 Å². The summed E-state index contributed by atoms with van der Waals surface area (Å²) in [5, 5.41) is 10.9. The van der Waals surface area contributed by atoms with E-state index in [1.807, 2.05) is 48.5 Å². The molecule has 4 aromatic carbocycles. The molecule has 0 unspecified atom stereocenters. The largest absolute Gasteiger partial charge is 0.275 e. The zero-order valence-corrected chi connectivity index (χ0v) is 20.1. The zero-order valence-electron chi connectivity index (χ0n) is 17.0. The van der Waals surface area contributed by atoms with Gasteiger partial charge in [-0.25, -0.2) is 9.51 Å². The standard InChI is InChI=1S/C24H16BrClN4O2S/c25-20-7-3-6-19(14-20)24-28-27-23(17-8-11-21(26)12-9-17)30(24)29-33(31,32)22-13-10-16-4-1-2-5-18(16)15-22/h1-15,29H. The first-order valence-electron chi connectivity index (χ1n) is 9.90. The number of rotatable bonds is 5. The van der Waals surface area contributed by atoms with Crippen molar-refractivity contribution in [3.63, 3.8) is 0 Å². The summed E-state index contributed by atoms with van der Waals surface area (Å²) in [4.78, 5) is 2.80. The zero-order chi connectivity index (χ0) is 23.0. The molecule has 9 heteroatoms. The van der Waals surface area contributed by atoms with E-state index in [1.54, 1.807) is 42.5 Å². The molecule has 6 nitrogen and oxygen atoms in total. The predicted octanol–water partition coefficient (Wildman–Crippen LogP) is 6.11. The molecule has 0 saturated heterocycles. The fraction of sp³-hybridized carbons (Fsp3) is 0. The van der Waals surface area contributed by atoms with Gasteiger partial charge in [0.25, 0.3) is 10.0 Å². The minimum atomic E-state index is -3.96. The number of benzene rings is 4. The van der Waals surface area contributed by atoms with Gasteiger partial charge in [0.1, 0.15) is 0 Å². The van der Waals surface area contributed by atoms with Crippen molar-refractivity contribution in [1.82, 2.24) is 14.9 Å². The summed E-state index contributed by atoms with van der Waals surface area (Å²) in [5.41, 5.74) is 1.35. The second kappa shape index (κ2) is 8.62. The molecule has 0 bridgehead atoms. The highest BCUT2D eigenvalue weighted by Crippen LogP contribution is 2.28. The van der Waals surface area contributed by atoms with Gasteiger partial charge in [0.15, 0.2) is 11.6 Å². The van der Waals surface area contributed by atoms with Gasteiger partial charge in [-0.2, -0.15) is 8.42 Å². The van der Waals surface area contributed by atoms with Crippen LogP contribution in [0.2, 0.25) is 5.02 Å². The highest BCUT2D eigenvalue weighted by Gasteiger charge is 2.22. The molecule has 5 aromatic rings. The number of sulfonamides is 1. The minimum Gasteiger partial charge on any atom is -0.213 e. The van der Waals surface area contributed by atoms with Crippen molar-refractivity contribution < 1.29 is 8.42 Å². The molecule has 0 fully saturated rings. The lowest BCUT2D eigenvalue weighted by Gasteiger charge is -2.14. The number of fused-ring (bicyclic) bond motifs is 1. The molecule has 5 rings (SSSR count). The smallest absolute Gasteiger partial charge is 0.213 e. The average Bonchev–Trinajstić information content (AvgIpc) is 3.22. The van der Waals surface area contributed by atoms with Gasteiger partial charge in [0, 0.05) is 20.6 Å². The van der Waals surface area contributed by atoms with Gasteiger partial charge in [-0.3, -0.25) is 0 Å². The quantitative estimate of drug-likeness (QED) is 0.292. The summed E-state index contributed by atoms with van der Waals surface area (Å²) in [7, 11) is -3.96. The third-order valence-electron chi connectivity index (χ3n) is 5.09. The third kappa shape index (κ3) is 4.37. The Kier molecular flexibility index (Phi) is 5.65. The molecule has 1 N–H and O–H groups in total. The molecule has 164 valence electrons. The van der Waals surface area contributed by atoms with Crippen LogP contribution in [0.4, 0.5) is 0 Å². The normalized spacial score (nSPS) is 11.6. The Hall–Kier alpha value is -3.20. The summed E-state index contributed by atoms with van der Waals surface area (Å²) in [6, 6.07) is 26.9. The summed E-state index contributed by atoms with van der Waals surface area (Å²) >= 11 is 9.49. The molecule has 0 radical (unpaired) electrons. The Morgan fingerprint density at radius 1 is 0.758 bits per heavy atom. The lowest BCUT2D eigenvalue weighted by molar-refractivity contribution is 0.595. The molecular formula is C24H16BrClN4O2S. The monoisotopic (exact) mass is 538 g/mol. The number of halogens is 2. The predicted molar refractivity (Wildman–Crippen MR) is 134 cm³/mol. The lowest BCUT2D eigenvalue weighted by Crippen LogP contribution is -2.25. The number of aromatic nitrogens is 3. The van der Waals surface area contributed by atoms with Crippen molar-refractivity contribution in [1.29, 1.82) is 0 Å². The Morgan fingerprint density at radius 3 is 2.18 bits per heavy atom.